The quantitative estimate of drug-likeness (QED) is 0.871. The number of anilines is 2. The molecule has 3 heterocycles. The molecule has 1 fully saturated rings. The summed E-state index contributed by atoms with van der Waals surface area (Å²) in [6.45, 7) is 6.38. The standard InChI is InChI=1S/C13H14N4O2S/c1-2-10(18)14-13-15-11(17-4-6-19-7-5-17)9-3-8-20-12(9)16-13/h2-3,8H,1,4-7H2,(H,14,15,16,18). The molecule has 0 radical (unpaired) electrons. The van der Waals surface area contributed by atoms with Crippen molar-refractivity contribution < 1.29 is 9.53 Å². The zero-order valence-corrected chi connectivity index (χ0v) is 11.7. The predicted octanol–water partition coefficient (Wildman–Crippen LogP) is 1.65. The Bertz CT molecular complexity index is 649. The second-order valence-corrected chi connectivity index (χ2v) is 5.20. The smallest absolute Gasteiger partial charge is 0.250 e. The Morgan fingerprint density at radius 3 is 3.00 bits per heavy atom. The molecule has 7 heteroatoms. The minimum absolute atomic E-state index is 0.311. The van der Waals surface area contributed by atoms with Crippen molar-refractivity contribution in [1.82, 2.24) is 9.97 Å². The third kappa shape index (κ3) is 2.50. The van der Waals surface area contributed by atoms with E-state index in [1.165, 1.54) is 17.4 Å². The van der Waals surface area contributed by atoms with Crippen LogP contribution in [0.1, 0.15) is 0 Å². The van der Waals surface area contributed by atoms with Crippen molar-refractivity contribution in [3.63, 3.8) is 0 Å². The summed E-state index contributed by atoms with van der Waals surface area (Å²) in [5.74, 6) is 0.846. The van der Waals surface area contributed by atoms with Gasteiger partial charge in [-0.05, 0) is 17.5 Å². The van der Waals surface area contributed by atoms with E-state index in [1.54, 1.807) is 0 Å². The van der Waals surface area contributed by atoms with E-state index >= 15 is 0 Å². The van der Waals surface area contributed by atoms with Gasteiger partial charge in [-0.3, -0.25) is 10.1 Å². The van der Waals surface area contributed by atoms with E-state index in [9.17, 15) is 4.79 Å². The molecule has 1 amide bonds. The summed E-state index contributed by atoms with van der Waals surface area (Å²) in [6.07, 6.45) is 1.20. The van der Waals surface area contributed by atoms with Crippen molar-refractivity contribution in [3.05, 3.63) is 24.1 Å². The van der Waals surface area contributed by atoms with Crippen molar-refractivity contribution in [1.29, 1.82) is 0 Å². The lowest BCUT2D eigenvalue weighted by atomic mass is 10.3. The second kappa shape index (κ2) is 5.56. The lowest BCUT2D eigenvalue weighted by molar-refractivity contribution is -0.111. The Morgan fingerprint density at radius 2 is 2.25 bits per heavy atom. The first-order chi connectivity index (χ1) is 9.78. The summed E-state index contributed by atoms with van der Waals surface area (Å²) in [7, 11) is 0. The van der Waals surface area contributed by atoms with Gasteiger partial charge in [0.05, 0.1) is 18.6 Å². The molecule has 2 aromatic rings. The van der Waals surface area contributed by atoms with Crippen LogP contribution < -0.4 is 10.2 Å². The molecule has 1 aliphatic heterocycles. The van der Waals surface area contributed by atoms with Gasteiger partial charge < -0.3 is 9.64 Å². The fourth-order valence-electron chi connectivity index (χ4n) is 2.07. The maximum absolute atomic E-state index is 11.4. The number of carbonyl (C=O) groups excluding carboxylic acids is 1. The molecule has 0 unspecified atom stereocenters. The van der Waals surface area contributed by atoms with Crippen LogP contribution in [0, 0.1) is 0 Å². The van der Waals surface area contributed by atoms with Gasteiger partial charge in [0.2, 0.25) is 11.9 Å². The van der Waals surface area contributed by atoms with Gasteiger partial charge >= 0.3 is 0 Å². The van der Waals surface area contributed by atoms with Crippen LogP contribution in [0.25, 0.3) is 10.2 Å². The number of hydrogen-bond donors (Lipinski definition) is 1. The van der Waals surface area contributed by atoms with Gasteiger partial charge in [-0.15, -0.1) is 11.3 Å². The molecule has 20 heavy (non-hydrogen) atoms. The van der Waals surface area contributed by atoms with Gasteiger partial charge in [0, 0.05) is 13.1 Å². The molecule has 0 aromatic carbocycles. The molecular weight excluding hydrogens is 276 g/mol. The Hall–Kier alpha value is -1.99. The van der Waals surface area contributed by atoms with Crippen LogP contribution >= 0.6 is 11.3 Å². The molecule has 1 aliphatic rings. The average molecular weight is 290 g/mol. The van der Waals surface area contributed by atoms with Crippen molar-refractivity contribution in [3.8, 4) is 0 Å². The minimum atomic E-state index is -0.311. The van der Waals surface area contributed by atoms with E-state index in [0.29, 0.717) is 19.2 Å². The second-order valence-electron chi connectivity index (χ2n) is 4.30. The number of carbonyl (C=O) groups is 1. The molecule has 0 atom stereocenters. The number of amides is 1. The van der Waals surface area contributed by atoms with Gasteiger partial charge in [0.25, 0.3) is 0 Å². The zero-order valence-electron chi connectivity index (χ0n) is 10.8. The summed E-state index contributed by atoms with van der Waals surface area (Å²) in [6, 6.07) is 2.00. The van der Waals surface area contributed by atoms with Crippen LogP contribution in [0.5, 0.6) is 0 Å². The van der Waals surface area contributed by atoms with Crippen LogP contribution in [0.2, 0.25) is 0 Å². The summed E-state index contributed by atoms with van der Waals surface area (Å²) >= 11 is 1.53. The highest BCUT2D eigenvalue weighted by Gasteiger charge is 2.18. The molecule has 104 valence electrons. The molecule has 1 N–H and O–H groups in total. The van der Waals surface area contributed by atoms with Crippen molar-refractivity contribution in [2.24, 2.45) is 0 Å². The largest absolute Gasteiger partial charge is 0.378 e. The fraction of sp³-hybridized carbons (Fsp3) is 0.308. The lowest BCUT2D eigenvalue weighted by Gasteiger charge is -2.28. The van der Waals surface area contributed by atoms with Gasteiger partial charge in [-0.2, -0.15) is 4.98 Å². The molecule has 1 saturated heterocycles. The third-order valence-electron chi connectivity index (χ3n) is 3.04. The van der Waals surface area contributed by atoms with Crippen LogP contribution in [-0.2, 0) is 9.53 Å². The number of fused-ring (bicyclic) bond motifs is 1. The number of nitrogens with zero attached hydrogens (tertiary/aromatic N) is 3. The van der Waals surface area contributed by atoms with Gasteiger partial charge in [-0.1, -0.05) is 6.58 Å². The first-order valence-corrected chi connectivity index (χ1v) is 7.17. The van der Waals surface area contributed by atoms with Crippen LogP contribution in [0.4, 0.5) is 11.8 Å². The number of ether oxygens (including phenoxy) is 1. The van der Waals surface area contributed by atoms with E-state index in [0.717, 1.165) is 29.1 Å². The highest BCUT2D eigenvalue weighted by molar-refractivity contribution is 7.16. The third-order valence-corrected chi connectivity index (χ3v) is 3.84. The number of morpholine rings is 1. The lowest BCUT2D eigenvalue weighted by Crippen LogP contribution is -2.37. The monoisotopic (exact) mass is 290 g/mol. The van der Waals surface area contributed by atoms with Gasteiger partial charge in [0.15, 0.2) is 0 Å². The number of rotatable bonds is 3. The number of thiophene rings is 1. The van der Waals surface area contributed by atoms with Gasteiger partial charge in [0.1, 0.15) is 10.6 Å². The summed E-state index contributed by atoms with van der Waals surface area (Å²) in [4.78, 5) is 23.2. The normalized spacial score (nSPS) is 15.3. The maximum atomic E-state index is 11.4. The Balaban J connectivity index is 2.01. The molecule has 0 aliphatic carbocycles. The van der Waals surface area contributed by atoms with Crippen molar-refractivity contribution >= 4 is 39.2 Å². The zero-order chi connectivity index (χ0) is 13.9. The number of hydrogen-bond acceptors (Lipinski definition) is 6. The molecule has 6 nitrogen and oxygen atoms in total. The first kappa shape index (κ1) is 13.0. The van der Waals surface area contributed by atoms with Crippen LogP contribution in [0.15, 0.2) is 24.1 Å². The predicted molar refractivity (Wildman–Crippen MR) is 79.3 cm³/mol. The summed E-state index contributed by atoms with van der Waals surface area (Å²) < 4.78 is 5.36. The maximum Gasteiger partial charge on any atom is 0.250 e. The average Bonchev–Trinajstić information content (AvgIpc) is 2.95. The Morgan fingerprint density at radius 1 is 1.45 bits per heavy atom. The van der Waals surface area contributed by atoms with E-state index in [2.05, 4.69) is 26.8 Å². The first-order valence-electron chi connectivity index (χ1n) is 6.29. The fourth-order valence-corrected chi connectivity index (χ4v) is 2.83. The van der Waals surface area contributed by atoms with E-state index in [4.69, 9.17) is 4.74 Å². The molecule has 0 spiro atoms. The van der Waals surface area contributed by atoms with Crippen LogP contribution in [0.3, 0.4) is 0 Å². The van der Waals surface area contributed by atoms with E-state index in [1.807, 2.05) is 11.4 Å². The topological polar surface area (TPSA) is 67.4 Å². The molecule has 0 saturated carbocycles. The summed E-state index contributed by atoms with van der Waals surface area (Å²) in [5, 5.41) is 5.61. The van der Waals surface area contributed by atoms with Gasteiger partial charge in [-0.25, -0.2) is 4.98 Å². The molecule has 0 bridgehead atoms. The Labute approximate surface area is 120 Å². The van der Waals surface area contributed by atoms with Crippen molar-refractivity contribution in [2.45, 2.75) is 0 Å². The number of aromatic nitrogens is 2. The van der Waals surface area contributed by atoms with E-state index < -0.39 is 0 Å². The highest BCUT2D eigenvalue weighted by atomic mass is 32.1. The molecule has 3 rings (SSSR count). The SMILES string of the molecule is C=CC(=O)Nc1nc(N2CCOCC2)c2ccsc2n1. The molecular formula is C13H14N4O2S. The highest BCUT2D eigenvalue weighted by Crippen LogP contribution is 2.29. The molecule has 2 aromatic heterocycles. The minimum Gasteiger partial charge on any atom is -0.378 e. The van der Waals surface area contributed by atoms with Crippen molar-refractivity contribution in [2.75, 3.05) is 36.5 Å². The number of nitrogens with one attached hydrogen (secondary N) is 1. The summed E-state index contributed by atoms with van der Waals surface area (Å²) in [5.41, 5.74) is 0. The van der Waals surface area contributed by atoms with Crippen LogP contribution in [-0.4, -0.2) is 42.2 Å². The van der Waals surface area contributed by atoms with E-state index in [-0.39, 0.29) is 5.91 Å². The Kier molecular flexibility index (Phi) is 3.62.